The molecule has 1 heterocycles. The third-order valence-electron chi connectivity index (χ3n) is 2.37. The Hall–Kier alpha value is 0.414. The Morgan fingerprint density at radius 3 is 2.72 bits per heavy atom. The molecule has 0 aliphatic rings. The molecule has 91 valence electrons. The largest absolute Gasteiger partial charge is 0.345 e. The summed E-state index contributed by atoms with van der Waals surface area (Å²) in [5.74, 6) is -0.323. The van der Waals surface area contributed by atoms with Gasteiger partial charge in [-0.05, 0) is 20.2 Å². The van der Waals surface area contributed by atoms with Gasteiger partial charge in [0.25, 0.3) is 0 Å². The molecule has 1 radical (unpaired) electrons. The predicted molar refractivity (Wildman–Crippen MR) is 76.3 cm³/mol. The minimum absolute atomic E-state index is 0. The summed E-state index contributed by atoms with van der Waals surface area (Å²) in [5, 5.41) is 0. The van der Waals surface area contributed by atoms with E-state index in [1.165, 1.54) is 16.7 Å². The van der Waals surface area contributed by atoms with Crippen molar-refractivity contribution in [2.24, 2.45) is 7.05 Å². The second-order valence-electron chi connectivity index (χ2n) is 3.47. The van der Waals surface area contributed by atoms with Crippen molar-refractivity contribution in [2.45, 2.75) is 0 Å². The van der Waals surface area contributed by atoms with E-state index in [1.807, 2.05) is 22.6 Å². The van der Waals surface area contributed by atoms with Crippen molar-refractivity contribution in [3.8, 4) is 11.3 Å². The Labute approximate surface area is 151 Å². The molecule has 0 fully saturated rings. The second-order valence-corrected chi connectivity index (χ2v) is 5.49. The first kappa shape index (κ1) is 16.5. The van der Waals surface area contributed by atoms with Gasteiger partial charge in [0.15, 0.2) is 0 Å². The zero-order valence-electron chi connectivity index (χ0n) is 9.38. The maximum Gasteiger partial charge on any atom is 0.207 e. The van der Waals surface area contributed by atoms with E-state index in [0.29, 0.717) is 13.7 Å². The number of aromatic nitrogens is 1. The van der Waals surface area contributed by atoms with Gasteiger partial charge in [0.1, 0.15) is 5.82 Å². The van der Waals surface area contributed by atoms with Crippen LogP contribution >= 0.6 is 38.5 Å². The first-order valence-corrected chi connectivity index (χ1v) is 6.60. The number of pyridine rings is 1. The van der Waals surface area contributed by atoms with E-state index >= 15 is 0 Å². The van der Waals surface area contributed by atoms with Gasteiger partial charge in [-0.1, -0.05) is 27.2 Å². The molecule has 0 atom stereocenters. The van der Waals surface area contributed by atoms with Crippen molar-refractivity contribution < 1.29 is 37.1 Å². The summed E-state index contributed by atoms with van der Waals surface area (Å²) in [6.45, 7) is 0. The van der Waals surface area contributed by atoms with Crippen molar-refractivity contribution >= 4 is 38.5 Å². The van der Waals surface area contributed by atoms with Crippen LogP contribution in [0.1, 0.15) is 0 Å². The molecule has 0 unspecified atom stereocenters. The van der Waals surface area contributed by atoms with E-state index in [2.05, 4.69) is 22.0 Å². The predicted octanol–water partition coefficient (Wildman–Crippen LogP) is 3.36. The Balaban J connectivity index is 0.00000162. The first-order valence-electron chi connectivity index (χ1n) is 4.73. The third-order valence-corrected chi connectivity index (χ3v) is 3.80. The van der Waals surface area contributed by atoms with Crippen LogP contribution < -0.4 is 5.56 Å². The fourth-order valence-corrected chi connectivity index (χ4v) is 2.55. The van der Waals surface area contributed by atoms with Crippen LogP contribution in [0.4, 0.5) is 4.39 Å². The average molecular weight is 496 g/mol. The molecule has 2 rings (SSSR count). The maximum atomic E-state index is 13.0. The van der Waals surface area contributed by atoms with Crippen molar-refractivity contribution in [2.75, 3.05) is 0 Å². The van der Waals surface area contributed by atoms with Crippen LogP contribution in [0, 0.1) is 15.5 Å². The number of hydrogen-bond acceptors (Lipinski definition) is 1. The van der Waals surface area contributed by atoms with Crippen molar-refractivity contribution in [3.05, 3.63) is 54.5 Å². The molecule has 0 saturated carbocycles. The average Bonchev–Trinajstić information content (AvgIpc) is 2.28. The molecule has 0 bridgehead atoms. The maximum absolute atomic E-state index is 13.0. The zero-order chi connectivity index (χ0) is 12.6. The minimum atomic E-state index is -0.323. The van der Waals surface area contributed by atoms with Crippen molar-refractivity contribution in [3.63, 3.8) is 0 Å². The Bertz CT molecular complexity index is 644. The van der Waals surface area contributed by atoms with Gasteiger partial charge in [-0.2, -0.15) is 12.1 Å². The standard InChI is InChI=1S/C12H7BrFINO.Y/c1-16-11(5-4-10(15)12(16)17)8-3-2-7(14)6-9(8)13;/h2-4,6H,1H3;/q-1;. The molecule has 6 heteroatoms. The topological polar surface area (TPSA) is 22.0 Å². The Morgan fingerprint density at radius 1 is 1.44 bits per heavy atom. The summed E-state index contributed by atoms with van der Waals surface area (Å²) in [4.78, 5) is 11.8. The third kappa shape index (κ3) is 3.29. The van der Waals surface area contributed by atoms with E-state index in [4.69, 9.17) is 0 Å². The summed E-state index contributed by atoms with van der Waals surface area (Å²) in [6.07, 6.45) is 0. The SMILES string of the molecule is Cn1c(-c2ccc(F)cc2Br)[c-]cc(I)c1=O.[Y]. The number of nitrogens with zero attached hydrogens (tertiary/aromatic N) is 1. The van der Waals surface area contributed by atoms with Crippen LogP contribution in [0.5, 0.6) is 0 Å². The molecule has 0 N–H and O–H groups in total. The van der Waals surface area contributed by atoms with Gasteiger partial charge < -0.3 is 4.57 Å². The van der Waals surface area contributed by atoms with Gasteiger partial charge >= 0.3 is 0 Å². The summed E-state index contributed by atoms with van der Waals surface area (Å²) in [6, 6.07) is 9.01. The van der Waals surface area contributed by atoms with Gasteiger partial charge in [-0.3, -0.25) is 4.79 Å². The molecule has 2 nitrogen and oxygen atoms in total. The van der Waals surface area contributed by atoms with E-state index in [0.717, 1.165) is 5.56 Å². The van der Waals surface area contributed by atoms with Crippen LogP contribution in [0.2, 0.25) is 0 Å². The van der Waals surface area contributed by atoms with E-state index in [-0.39, 0.29) is 44.1 Å². The van der Waals surface area contributed by atoms with Crippen LogP contribution in [0.15, 0.2) is 33.5 Å². The summed E-state index contributed by atoms with van der Waals surface area (Å²) >= 11 is 5.25. The van der Waals surface area contributed by atoms with E-state index < -0.39 is 0 Å². The number of hydrogen-bond donors (Lipinski definition) is 0. The minimum Gasteiger partial charge on any atom is -0.345 e. The van der Waals surface area contributed by atoms with Crippen LogP contribution in [-0.2, 0) is 39.8 Å². The van der Waals surface area contributed by atoms with Gasteiger partial charge in [-0.15, -0.1) is 28.7 Å². The molecule has 0 amide bonds. The molecular formula is C12H7BrFINOY-. The van der Waals surface area contributed by atoms with Gasteiger partial charge in [0.05, 0.1) is 0 Å². The van der Waals surface area contributed by atoms with Gasteiger partial charge in [-0.25, -0.2) is 4.39 Å². The molecule has 18 heavy (non-hydrogen) atoms. The monoisotopic (exact) mass is 495 g/mol. The van der Waals surface area contributed by atoms with Crippen LogP contribution in [0.3, 0.4) is 0 Å². The molecule has 1 aromatic carbocycles. The smallest absolute Gasteiger partial charge is 0.207 e. The summed E-state index contributed by atoms with van der Waals surface area (Å²) in [5.41, 5.74) is 1.28. The fraction of sp³-hybridized carbons (Fsp3) is 0.0833. The Morgan fingerprint density at radius 2 is 2.11 bits per heavy atom. The first-order chi connectivity index (χ1) is 8.00. The summed E-state index contributed by atoms with van der Waals surface area (Å²) in [7, 11) is 1.67. The normalized spacial score (nSPS) is 10.0. The van der Waals surface area contributed by atoms with Crippen molar-refractivity contribution in [1.82, 2.24) is 4.57 Å². The number of benzene rings is 1. The number of halogens is 3. The van der Waals surface area contributed by atoms with E-state index in [1.54, 1.807) is 19.2 Å². The Kier molecular flexibility index (Phi) is 6.15. The molecular weight excluding hydrogens is 489 g/mol. The van der Waals surface area contributed by atoms with Crippen molar-refractivity contribution in [1.29, 1.82) is 0 Å². The number of rotatable bonds is 1. The zero-order valence-corrected chi connectivity index (χ0v) is 16.0. The van der Waals surface area contributed by atoms with Crippen LogP contribution in [0.25, 0.3) is 11.3 Å². The molecule has 0 saturated heterocycles. The quantitative estimate of drug-likeness (QED) is 0.439. The van der Waals surface area contributed by atoms with Crippen LogP contribution in [-0.4, -0.2) is 4.57 Å². The fourth-order valence-electron chi connectivity index (χ4n) is 1.49. The summed E-state index contributed by atoms with van der Waals surface area (Å²) < 4.78 is 15.7. The van der Waals surface area contributed by atoms with E-state index in [9.17, 15) is 9.18 Å². The molecule has 1 aromatic heterocycles. The molecule has 0 aliphatic heterocycles. The van der Waals surface area contributed by atoms with Gasteiger partial charge in [0, 0.05) is 39.8 Å². The van der Waals surface area contributed by atoms with Gasteiger partial charge in [0.2, 0.25) is 5.56 Å². The second kappa shape index (κ2) is 6.72. The molecule has 0 spiro atoms. The molecule has 2 aromatic rings. The molecule has 0 aliphatic carbocycles.